The van der Waals surface area contributed by atoms with E-state index >= 15 is 0 Å². The lowest BCUT2D eigenvalue weighted by molar-refractivity contribution is 0.226. The zero-order valence-electron chi connectivity index (χ0n) is 7.39. The van der Waals surface area contributed by atoms with Gasteiger partial charge in [0.1, 0.15) is 5.76 Å². The van der Waals surface area contributed by atoms with Crippen LogP contribution in [-0.4, -0.2) is 6.61 Å². The van der Waals surface area contributed by atoms with Gasteiger partial charge in [0, 0.05) is 0 Å². The molecule has 0 bridgehead atoms. The second-order valence-corrected chi connectivity index (χ2v) is 2.49. The largest absolute Gasteiger partial charge is 0.494 e. The molecular weight excluding hydrogens is 136 g/mol. The van der Waals surface area contributed by atoms with Gasteiger partial charge in [0.2, 0.25) is 0 Å². The standard InChI is InChI=1S/C10H16O/c1-5-8-11-10(4)7-6-9(2)3/h6-7H,2,4-5,8H2,1,3H3/b7-6-. The lowest BCUT2D eigenvalue weighted by atomic mass is 10.3. The van der Waals surface area contributed by atoms with Crippen LogP contribution in [0.5, 0.6) is 0 Å². The van der Waals surface area contributed by atoms with Crippen molar-refractivity contribution in [2.45, 2.75) is 20.3 Å². The topological polar surface area (TPSA) is 9.23 Å². The molecule has 0 fully saturated rings. The minimum Gasteiger partial charge on any atom is -0.494 e. The molecule has 1 heteroatoms. The summed E-state index contributed by atoms with van der Waals surface area (Å²) in [5.74, 6) is 0.704. The Kier molecular flexibility index (Phi) is 5.26. The quantitative estimate of drug-likeness (QED) is 0.434. The van der Waals surface area contributed by atoms with Gasteiger partial charge in [0.15, 0.2) is 0 Å². The first kappa shape index (κ1) is 10.0. The third-order valence-corrected chi connectivity index (χ3v) is 1.05. The lowest BCUT2D eigenvalue weighted by Gasteiger charge is -2.01. The molecule has 0 unspecified atom stereocenters. The van der Waals surface area contributed by atoms with Gasteiger partial charge < -0.3 is 4.74 Å². The third kappa shape index (κ3) is 6.91. The van der Waals surface area contributed by atoms with Crippen LogP contribution >= 0.6 is 0 Å². The number of hydrogen-bond acceptors (Lipinski definition) is 1. The fraction of sp³-hybridized carbons (Fsp3) is 0.400. The van der Waals surface area contributed by atoms with Crippen molar-refractivity contribution >= 4 is 0 Å². The normalized spacial score (nSPS) is 10.0. The molecule has 0 aliphatic carbocycles. The Balaban J connectivity index is 3.60. The molecule has 0 atom stereocenters. The molecule has 0 rings (SSSR count). The van der Waals surface area contributed by atoms with Crippen molar-refractivity contribution in [2.24, 2.45) is 0 Å². The van der Waals surface area contributed by atoms with Crippen LogP contribution in [0.3, 0.4) is 0 Å². The van der Waals surface area contributed by atoms with Crippen molar-refractivity contribution in [2.75, 3.05) is 6.61 Å². The van der Waals surface area contributed by atoms with E-state index in [1.54, 1.807) is 0 Å². The molecule has 0 saturated carbocycles. The minimum atomic E-state index is 0.704. The van der Waals surface area contributed by atoms with Gasteiger partial charge in [-0.1, -0.05) is 31.7 Å². The van der Waals surface area contributed by atoms with E-state index in [4.69, 9.17) is 4.74 Å². The van der Waals surface area contributed by atoms with Gasteiger partial charge in [-0.2, -0.15) is 0 Å². The van der Waals surface area contributed by atoms with Crippen LogP contribution in [0.4, 0.5) is 0 Å². The zero-order valence-corrected chi connectivity index (χ0v) is 7.39. The van der Waals surface area contributed by atoms with Crippen molar-refractivity contribution in [1.82, 2.24) is 0 Å². The van der Waals surface area contributed by atoms with Crippen LogP contribution in [0, 0.1) is 0 Å². The lowest BCUT2D eigenvalue weighted by Crippen LogP contribution is -1.88. The summed E-state index contributed by atoms with van der Waals surface area (Å²) in [7, 11) is 0. The first-order chi connectivity index (χ1) is 5.16. The van der Waals surface area contributed by atoms with Gasteiger partial charge in [-0.15, -0.1) is 0 Å². The SMILES string of the molecule is C=C(C)/C=C\C(=C)OCCC. The first-order valence-corrected chi connectivity index (χ1v) is 3.82. The molecule has 0 N–H and O–H groups in total. The highest BCUT2D eigenvalue weighted by Gasteiger charge is 1.85. The van der Waals surface area contributed by atoms with E-state index in [9.17, 15) is 0 Å². The Morgan fingerprint density at radius 2 is 2.00 bits per heavy atom. The molecule has 0 aliphatic rings. The summed E-state index contributed by atoms with van der Waals surface area (Å²) in [5, 5.41) is 0. The molecule has 0 heterocycles. The summed E-state index contributed by atoms with van der Waals surface area (Å²) in [5.41, 5.74) is 1.01. The second kappa shape index (κ2) is 5.78. The summed E-state index contributed by atoms with van der Waals surface area (Å²) < 4.78 is 5.22. The first-order valence-electron chi connectivity index (χ1n) is 3.82. The number of ether oxygens (including phenoxy) is 1. The fourth-order valence-corrected chi connectivity index (χ4v) is 0.516. The monoisotopic (exact) mass is 152 g/mol. The van der Waals surface area contributed by atoms with Crippen molar-refractivity contribution in [3.05, 3.63) is 36.6 Å². The zero-order chi connectivity index (χ0) is 8.69. The summed E-state index contributed by atoms with van der Waals surface area (Å²) in [6.45, 7) is 12.2. The maximum Gasteiger partial charge on any atom is 0.112 e. The van der Waals surface area contributed by atoms with Gasteiger partial charge in [0.05, 0.1) is 6.61 Å². The molecule has 0 aromatic carbocycles. The molecule has 0 spiro atoms. The molecular formula is C10H16O. The highest BCUT2D eigenvalue weighted by Crippen LogP contribution is 1.99. The predicted molar refractivity (Wildman–Crippen MR) is 49.3 cm³/mol. The Morgan fingerprint density at radius 1 is 1.36 bits per heavy atom. The van der Waals surface area contributed by atoms with Crippen LogP contribution in [0.2, 0.25) is 0 Å². The third-order valence-electron chi connectivity index (χ3n) is 1.05. The maximum atomic E-state index is 5.22. The average Bonchev–Trinajstić information content (AvgIpc) is 1.97. The van der Waals surface area contributed by atoms with E-state index < -0.39 is 0 Å². The van der Waals surface area contributed by atoms with Crippen LogP contribution in [-0.2, 0) is 4.74 Å². The molecule has 62 valence electrons. The van der Waals surface area contributed by atoms with Gasteiger partial charge in [-0.25, -0.2) is 0 Å². The number of hydrogen-bond donors (Lipinski definition) is 0. The minimum absolute atomic E-state index is 0.704. The van der Waals surface area contributed by atoms with Gasteiger partial charge in [0.25, 0.3) is 0 Å². The summed E-state index contributed by atoms with van der Waals surface area (Å²) in [6, 6.07) is 0. The average molecular weight is 152 g/mol. The highest BCUT2D eigenvalue weighted by molar-refractivity contribution is 5.19. The molecule has 0 radical (unpaired) electrons. The Hall–Kier alpha value is -0.980. The molecule has 0 saturated heterocycles. The van der Waals surface area contributed by atoms with Gasteiger partial charge in [-0.05, 0) is 19.4 Å². The second-order valence-electron chi connectivity index (χ2n) is 2.49. The van der Waals surface area contributed by atoms with Crippen LogP contribution in [0.25, 0.3) is 0 Å². The van der Waals surface area contributed by atoms with Crippen molar-refractivity contribution < 1.29 is 4.74 Å². The van der Waals surface area contributed by atoms with Gasteiger partial charge in [-0.3, -0.25) is 0 Å². The van der Waals surface area contributed by atoms with E-state index in [1.807, 2.05) is 19.1 Å². The van der Waals surface area contributed by atoms with Crippen molar-refractivity contribution in [3.63, 3.8) is 0 Å². The highest BCUT2D eigenvalue weighted by atomic mass is 16.5. The maximum absolute atomic E-state index is 5.22. The molecule has 0 amide bonds. The Morgan fingerprint density at radius 3 is 2.45 bits per heavy atom. The summed E-state index contributed by atoms with van der Waals surface area (Å²) >= 11 is 0. The Bertz CT molecular complexity index is 166. The van der Waals surface area contributed by atoms with E-state index in [0.29, 0.717) is 5.76 Å². The summed E-state index contributed by atoms with van der Waals surface area (Å²) in [6.07, 6.45) is 4.73. The van der Waals surface area contributed by atoms with Crippen molar-refractivity contribution in [3.8, 4) is 0 Å². The van der Waals surface area contributed by atoms with Crippen LogP contribution in [0.1, 0.15) is 20.3 Å². The van der Waals surface area contributed by atoms with Gasteiger partial charge >= 0.3 is 0 Å². The van der Waals surface area contributed by atoms with Crippen LogP contribution < -0.4 is 0 Å². The van der Waals surface area contributed by atoms with E-state index in [-0.39, 0.29) is 0 Å². The van der Waals surface area contributed by atoms with E-state index in [0.717, 1.165) is 18.6 Å². The van der Waals surface area contributed by atoms with Crippen molar-refractivity contribution in [1.29, 1.82) is 0 Å². The molecule has 0 aliphatic heterocycles. The molecule has 11 heavy (non-hydrogen) atoms. The van der Waals surface area contributed by atoms with Crippen LogP contribution in [0.15, 0.2) is 36.6 Å². The number of rotatable bonds is 5. The number of allylic oxidation sites excluding steroid dienone is 3. The van der Waals surface area contributed by atoms with E-state index in [1.165, 1.54) is 0 Å². The predicted octanol–water partition coefficient (Wildman–Crippen LogP) is 3.06. The summed E-state index contributed by atoms with van der Waals surface area (Å²) in [4.78, 5) is 0. The smallest absolute Gasteiger partial charge is 0.112 e. The molecule has 1 nitrogen and oxygen atoms in total. The fourth-order valence-electron chi connectivity index (χ4n) is 0.516. The molecule has 0 aromatic heterocycles. The van der Waals surface area contributed by atoms with E-state index in [2.05, 4.69) is 20.1 Å². The molecule has 0 aromatic rings. The Labute approximate surface area is 69.1 Å².